The number of rotatable bonds is 6. The number of carbonyl (C=O) groups is 1. The van der Waals surface area contributed by atoms with Crippen molar-refractivity contribution < 1.29 is 4.79 Å². The van der Waals surface area contributed by atoms with Gasteiger partial charge < -0.3 is 10.6 Å². The smallest absolute Gasteiger partial charge is 0.223 e. The van der Waals surface area contributed by atoms with E-state index in [9.17, 15) is 4.79 Å². The van der Waals surface area contributed by atoms with Crippen molar-refractivity contribution in [2.75, 3.05) is 13.1 Å². The van der Waals surface area contributed by atoms with E-state index in [0.29, 0.717) is 18.5 Å². The molecule has 1 aliphatic carbocycles. The summed E-state index contributed by atoms with van der Waals surface area (Å²) in [6, 6.07) is 4.83. The summed E-state index contributed by atoms with van der Waals surface area (Å²) in [6.45, 7) is 10.2. The summed E-state index contributed by atoms with van der Waals surface area (Å²) in [6.07, 6.45) is 2.13. The molecule has 0 saturated heterocycles. The Balaban J connectivity index is 1.80. The van der Waals surface area contributed by atoms with Crippen molar-refractivity contribution in [3.8, 4) is 0 Å². The topological polar surface area (TPSA) is 41.1 Å². The summed E-state index contributed by atoms with van der Waals surface area (Å²) in [7, 11) is 0. The fourth-order valence-corrected chi connectivity index (χ4v) is 2.52. The Kier molecular flexibility index (Phi) is 4.81. The first-order chi connectivity index (χ1) is 9.49. The van der Waals surface area contributed by atoms with Crippen molar-refractivity contribution in [3.63, 3.8) is 0 Å². The SMILES string of the molecule is Cc1cc(C)c(C(C)NCCNC(=O)C2CC2)cc1C. The molecule has 1 aromatic carbocycles. The molecule has 1 amide bonds. The van der Waals surface area contributed by atoms with Crippen LogP contribution in [0.25, 0.3) is 0 Å². The summed E-state index contributed by atoms with van der Waals surface area (Å²) < 4.78 is 0. The normalized spacial score (nSPS) is 16.0. The van der Waals surface area contributed by atoms with Crippen LogP contribution >= 0.6 is 0 Å². The molecule has 0 heterocycles. The number of hydrogen-bond acceptors (Lipinski definition) is 2. The highest BCUT2D eigenvalue weighted by Crippen LogP contribution is 2.28. The Hall–Kier alpha value is -1.35. The molecule has 1 unspecified atom stereocenters. The molecule has 3 heteroatoms. The Morgan fingerprint density at radius 1 is 1.15 bits per heavy atom. The predicted octanol–water partition coefficient (Wildman–Crippen LogP) is 2.79. The van der Waals surface area contributed by atoms with Crippen LogP contribution in [0.5, 0.6) is 0 Å². The lowest BCUT2D eigenvalue weighted by molar-refractivity contribution is -0.122. The van der Waals surface area contributed by atoms with Crippen LogP contribution in [0.3, 0.4) is 0 Å². The Bertz CT molecular complexity index is 492. The van der Waals surface area contributed by atoms with Gasteiger partial charge in [-0.15, -0.1) is 0 Å². The molecule has 0 spiro atoms. The summed E-state index contributed by atoms with van der Waals surface area (Å²) in [5, 5.41) is 6.47. The number of carbonyl (C=O) groups excluding carboxylic acids is 1. The summed E-state index contributed by atoms with van der Waals surface area (Å²) in [4.78, 5) is 11.5. The zero-order chi connectivity index (χ0) is 14.7. The van der Waals surface area contributed by atoms with Gasteiger partial charge in [0.25, 0.3) is 0 Å². The molecule has 110 valence electrons. The molecule has 0 radical (unpaired) electrons. The van der Waals surface area contributed by atoms with Crippen LogP contribution < -0.4 is 10.6 Å². The van der Waals surface area contributed by atoms with E-state index < -0.39 is 0 Å². The van der Waals surface area contributed by atoms with Crippen molar-refractivity contribution in [1.29, 1.82) is 0 Å². The highest BCUT2D eigenvalue weighted by atomic mass is 16.2. The van der Waals surface area contributed by atoms with E-state index in [0.717, 1.165) is 19.4 Å². The third-order valence-electron chi connectivity index (χ3n) is 4.17. The van der Waals surface area contributed by atoms with Gasteiger partial charge in [-0.25, -0.2) is 0 Å². The molecule has 0 aromatic heterocycles. The van der Waals surface area contributed by atoms with E-state index in [1.54, 1.807) is 0 Å². The van der Waals surface area contributed by atoms with Gasteiger partial charge in [0.1, 0.15) is 0 Å². The highest BCUT2D eigenvalue weighted by molar-refractivity contribution is 5.80. The first-order valence-electron chi connectivity index (χ1n) is 7.58. The standard InChI is InChI=1S/C17H26N2O/c1-11-9-13(3)16(10-12(11)2)14(4)18-7-8-19-17(20)15-5-6-15/h9-10,14-15,18H,5-8H2,1-4H3,(H,19,20). The van der Waals surface area contributed by atoms with E-state index >= 15 is 0 Å². The van der Waals surface area contributed by atoms with Crippen molar-refractivity contribution in [2.45, 2.75) is 46.6 Å². The van der Waals surface area contributed by atoms with Crippen LogP contribution in [0.4, 0.5) is 0 Å². The second-order valence-electron chi connectivity index (χ2n) is 6.03. The van der Waals surface area contributed by atoms with Crippen molar-refractivity contribution in [1.82, 2.24) is 10.6 Å². The molecule has 1 aliphatic rings. The fraction of sp³-hybridized carbons (Fsp3) is 0.588. The predicted molar refractivity (Wildman–Crippen MR) is 82.8 cm³/mol. The molecule has 3 nitrogen and oxygen atoms in total. The van der Waals surface area contributed by atoms with Crippen molar-refractivity contribution in [3.05, 3.63) is 34.4 Å². The zero-order valence-corrected chi connectivity index (χ0v) is 13.0. The minimum Gasteiger partial charge on any atom is -0.355 e. The maximum atomic E-state index is 11.5. The van der Waals surface area contributed by atoms with Gasteiger partial charge in [-0.2, -0.15) is 0 Å². The Morgan fingerprint density at radius 2 is 1.80 bits per heavy atom. The Labute approximate surface area is 122 Å². The maximum absolute atomic E-state index is 11.5. The van der Waals surface area contributed by atoms with E-state index in [1.165, 1.54) is 22.3 Å². The minimum atomic E-state index is 0.224. The van der Waals surface area contributed by atoms with E-state index in [2.05, 4.69) is 50.5 Å². The molecule has 2 rings (SSSR count). The van der Waals surface area contributed by atoms with E-state index in [1.807, 2.05) is 0 Å². The van der Waals surface area contributed by atoms with E-state index in [-0.39, 0.29) is 5.91 Å². The maximum Gasteiger partial charge on any atom is 0.223 e. The summed E-state index contributed by atoms with van der Waals surface area (Å²) >= 11 is 0. The lowest BCUT2D eigenvalue weighted by Gasteiger charge is -2.18. The van der Waals surface area contributed by atoms with Crippen LogP contribution in [-0.4, -0.2) is 19.0 Å². The lowest BCUT2D eigenvalue weighted by Crippen LogP contribution is -2.33. The molecule has 1 fully saturated rings. The molecule has 1 atom stereocenters. The van der Waals surface area contributed by atoms with Gasteiger partial charge in [-0.05, 0) is 62.8 Å². The second kappa shape index (κ2) is 6.40. The molecule has 0 aliphatic heterocycles. The number of nitrogens with one attached hydrogen (secondary N) is 2. The monoisotopic (exact) mass is 274 g/mol. The lowest BCUT2D eigenvalue weighted by atomic mass is 9.96. The van der Waals surface area contributed by atoms with Crippen LogP contribution in [-0.2, 0) is 4.79 Å². The fourth-order valence-electron chi connectivity index (χ4n) is 2.52. The molecular weight excluding hydrogens is 248 g/mol. The second-order valence-corrected chi connectivity index (χ2v) is 6.03. The van der Waals surface area contributed by atoms with Gasteiger partial charge in [0.05, 0.1) is 0 Å². The van der Waals surface area contributed by atoms with Gasteiger partial charge in [0.15, 0.2) is 0 Å². The number of aryl methyl sites for hydroxylation is 3. The first kappa shape index (κ1) is 15.0. The average molecular weight is 274 g/mol. The quantitative estimate of drug-likeness (QED) is 0.783. The van der Waals surface area contributed by atoms with Gasteiger partial charge >= 0.3 is 0 Å². The largest absolute Gasteiger partial charge is 0.355 e. The first-order valence-corrected chi connectivity index (χ1v) is 7.58. The third kappa shape index (κ3) is 3.83. The zero-order valence-electron chi connectivity index (χ0n) is 13.0. The van der Waals surface area contributed by atoms with Crippen LogP contribution in [0.1, 0.15) is 48.1 Å². The third-order valence-corrected chi connectivity index (χ3v) is 4.17. The highest BCUT2D eigenvalue weighted by Gasteiger charge is 2.28. The molecule has 20 heavy (non-hydrogen) atoms. The molecule has 1 aromatic rings. The molecule has 0 bridgehead atoms. The van der Waals surface area contributed by atoms with Crippen molar-refractivity contribution >= 4 is 5.91 Å². The number of benzene rings is 1. The number of hydrogen-bond donors (Lipinski definition) is 2. The average Bonchev–Trinajstić information content (AvgIpc) is 3.22. The van der Waals surface area contributed by atoms with Gasteiger partial charge in [0.2, 0.25) is 5.91 Å². The van der Waals surface area contributed by atoms with Crippen LogP contribution in [0.2, 0.25) is 0 Å². The molecule has 1 saturated carbocycles. The van der Waals surface area contributed by atoms with Crippen molar-refractivity contribution in [2.24, 2.45) is 5.92 Å². The van der Waals surface area contributed by atoms with Crippen LogP contribution in [0, 0.1) is 26.7 Å². The van der Waals surface area contributed by atoms with Gasteiger partial charge in [-0.3, -0.25) is 4.79 Å². The van der Waals surface area contributed by atoms with E-state index in [4.69, 9.17) is 0 Å². The van der Waals surface area contributed by atoms with Gasteiger partial charge in [-0.1, -0.05) is 12.1 Å². The summed E-state index contributed by atoms with van der Waals surface area (Å²) in [5.74, 6) is 0.524. The molecule has 2 N–H and O–H groups in total. The van der Waals surface area contributed by atoms with Crippen LogP contribution in [0.15, 0.2) is 12.1 Å². The van der Waals surface area contributed by atoms with Gasteiger partial charge in [0, 0.05) is 25.0 Å². The Morgan fingerprint density at radius 3 is 2.45 bits per heavy atom. The minimum absolute atomic E-state index is 0.224. The number of amides is 1. The molecular formula is C17H26N2O. The summed E-state index contributed by atoms with van der Waals surface area (Å²) in [5.41, 5.74) is 5.35.